The molecule has 0 radical (unpaired) electrons. The van der Waals surface area contributed by atoms with Gasteiger partial charge in [0.2, 0.25) is 0 Å². The molecule has 0 bridgehead atoms. The maximum absolute atomic E-state index is 5.84. The molecule has 0 aliphatic heterocycles. The van der Waals surface area contributed by atoms with Crippen LogP contribution in [0.15, 0.2) is 36.7 Å². The Morgan fingerprint density at radius 3 is 1.53 bits per heavy atom. The lowest BCUT2D eigenvalue weighted by Crippen LogP contribution is -2.00. The van der Waals surface area contributed by atoms with Crippen LogP contribution in [0.4, 0.5) is 0 Å². The normalized spacial score (nSPS) is 10.9. The number of nitrogens with zero attached hydrogens (tertiary/aromatic N) is 2. The highest BCUT2D eigenvalue weighted by atomic mass is 16.5. The maximum Gasteiger partial charge on any atom is 0.159 e. The van der Waals surface area contributed by atoms with E-state index in [2.05, 4.69) is 9.97 Å². The van der Waals surface area contributed by atoms with E-state index < -0.39 is 0 Å². The fourth-order valence-electron chi connectivity index (χ4n) is 3.23. The second kappa shape index (κ2) is 17.4. The summed E-state index contributed by atoms with van der Waals surface area (Å²) in [6.45, 7) is 8.81. The van der Waals surface area contributed by atoms with Gasteiger partial charge >= 0.3 is 0 Å². The van der Waals surface area contributed by atoms with E-state index in [1.54, 1.807) is 12.4 Å². The Morgan fingerprint density at radius 1 is 0.562 bits per heavy atom. The molecule has 2 aromatic rings. The van der Waals surface area contributed by atoms with Crippen molar-refractivity contribution in [3.05, 3.63) is 36.7 Å². The van der Waals surface area contributed by atoms with Crippen molar-refractivity contribution < 1.29 is 18.9 Å². The Balaban J connectivity index is 1.61. The minimum atomic E-state index is 0.689. The zero-order chi connectivity index (χ0) is 22.7. The molecule has 0 spiro atoms. The molecular weight excluding hydrogens is 404 g/mol. The highest BCUT2D eigenvalue weighted by molar-refractivity contribution is 5.56. The largest absolute Gasteiger partial charge is 0.494 e. The summed E-state index contributed by atoms with van der Waals surface area (Å²) in [6.07, 6.45) is 12.5. The summed E-state index contributed by atoms with van der Waals surface area (Å²) < 4.78 is 22.3. The highest BCUT2D eigenvalue weighted by Gasteiger charge is 2.03. The predicted molar refractivity (Wildman–Crippen MR) is 128 cm³/mol. The van der Waals surface area contributed by atoms with Crippen LogP contribution in [0.25, 0.3) is 11.4 Å². The third-order valence-corrected chi connectivity index (χ3v) is 5.05. The Bertz CT molecular complexity index is 630. The Hall–Kier alpha value is -2.18. The molecule has 6 heteroatoms. The first-order chi connectivity index (χ1) is 15.8. The van der Waals surface area contributed by atoms with Crippen molar-refractivity contribution in [2.75, 3.05) is 39.6 Å². The first-order valence-corrected chi connectivity index (χ1v) is 12.2. The standard InChI is InChI=1S/C26H40N2O4/c1-3-29-17-9-5-7-11-19-31-24-15-13-23(14-16-24)26-27-21-25(22-28-26)32-20-12-8-6-10-18-30-4-2/h13-16,21-22H,3-12,17-20H2,1-2H3. The summed E-state index contributed by atoms with van der Waals surface area (Å²) in [5, 5.41) is 0. The summed E-state index contributed by atoms with van der Waals surface area (Å²) in [4.78, 5) is 8.88. The van der Waals surface area contributed by atoms with E-state index in [9.17, 15) is 0 Å². The third-order valence-electron chi connectivity index (χ3n) is 5.05. The molecule has 0 N–H and O–H groups in total. The average molecular weight is 445 g/mol. The molecule has 0 saturated carbocycles. The summed E-state index contributed by atoms with van der Waals surface area (Å²) in [6, 6.07) is 7.94. The van der Waals surface area contributed by atoms with Gasteiger partial charge in [-0.1, -0.05) is 12.8 Å². The maximum atomic E-state index is 5.84. The molecular formula is C26H40N2O4. The van der Waals surface area contributed by atoms with Crippen molar-refractivity contribution in [2.24, 2.45) is 0 Å². The van der Waals surface area contributed by atoms with Gasteiger partial charge in [0, 0.05) is 32.0 Å². The van der Waals surface area contributed by atoms with Gasteiger partial charge in [-0.15, -0.1) is 0 Å². The molecule has 0 saturated heterocycles. The van der Waals surface area contributed by atoms with Gasteiger partial charge in [-0.25, -0.2) is 9.97 Å². The number of ether oxygens (including phenoxy) is 4. The smallest absolute Gasteiger partial charge is 0.159 e. The van der Waals surface area contributed by atoms with Crippen LogP contribution in [0.2, 0.25) is 0 Å². The molecule has 2 rings (SSSR count). The van der Waals surface area contributed by atoms with Crippen LogP contribution in [-0.2, 0) is 9.47 Å². The topological polar surface area (TPSA) is 62.7 Å². The molecule has 0 atom stereocenters. The Labute approximate surface area is 193 Å². The van der Waals surface area contributed by atoms with E-state index in [0.29, 0.717) is 18.2 Å². The monoisotopic (exact) mass is 444 g/mol. The number of rotatable bonds is 19. The highest BCUT2D eigenvalue weighted by Crippen LogP contribution is 2.20. The van der Waals surface area contributed by atoms with Crippen molar-refractivity contribution in [3.8, 4) is 22.9 Å². The van der Waals surface area contributed by atoms with Crippen LogP contribution in [0.1, 0.15) is 65.2 Å². The fourth-order valence-corrected chi connectivity index (χ4v) is 3.23. The summed E-state index contributed by atoms with van der Waals surface area (Å²) in [5.41, 5.74) is 0.967. The van der Waals surface area contributed by atoms with Gasteiger partial charge in [-0.2, -0.15) is 0 Å². The second-order valence-corrected chi connectivity index (χ2v) is 7.69. The lowest BCUT2D eigenvalue weighted by atomic mass is 10.2. The second-order valence-electron chi connectivity index (χ2n) is 7.69. The SMILES string of the molecule is CCOCCCCCCOc1ccc(-c2ncc(OCCCCCCOCC)cn2)cc1. The van der Waals surface area contributed by atoms with Gasteiger partial charge in [-0.3, -0.25) is 0 Å². The third kappa shape index (κ3) is 11.4. The van der Waals surface area contributed by atoms with Crippen LogP contribution in [0.3, 0.4) is 0 Å². The molecule has 178 valence electrons. The van der Waals surface area contributed by atoms with Gasteiger partial charge in [0.1, 0.15) is 5.75 Å². The zero-order valence-electron chi connectivity index (χ0n) is 19.9. The van der Waals surface area contributed by atoms with Crippen molar-refractivity contribution >= 4 is 0 Å². The van der Waals surface area contributed by atoms with E-state index in [1.165, 1.54) is 19.3 Å². The van der Waals surface area contributed by atoms with Crippen LogP contribution in [0.5, 0.6) is 11.5 Å². The van der Waals surface area contributed by atoms with Gasteiger partial charge in [0.25, 0.3) is 0 Å². The summed E-state index contributed by atoms with van der Waals surface area (Å²) in [5.74, 6) is 2.28. The van der Waals surface area contributed by atoms with Gasteiger partial charge in [-0.05, 0) is 76.6 Å². The molecule has 0 aliphatic rings. The van der Waals surface area contributed by atoms with Crippen LogP contribution in [-0.4, -0.2) is 49.6 Å². The lowest BCUT2D eigenvalue weighted by molar-refractivity contribution is 0.142. The fraction of sp³-hybridized carbons (Fsp3) is 0.615. The molecule has 1 aromatic carbocycles. The Kier molecular flexibility index (Phi) is 14.2. The molecule has 0 aliphatic carbocycles. The van der Waals surface area contributed by atoms with Crippen molar-refractivity contribution in [2.45, 2.75) is 65.2 Å². The van der Waals surface area contributed by atoms with E-state index in [0.717, 1.165) is 76.5 Å². The number of aromatic nitrogens is 2. The summed E-state index contributed by atoms with van der Waals surface area (Å²) >= 11 is 0. The van der Waals surface area contributed by atoms with Crippen LogP contribution < -0.4 is 9.47 Å². The molecule has 1 aromatic heterocycles. The van der Waals surface area contributed by atoms with E-state index in [-0.39, 0.29) is 0 Å². The Morgan fingerprint density at radius 2 is 1.03 bits per heavy atom. The molecule has 6 nitrogen and oxygen atoms in total. The lowest BCUT2D eigenvalue weighted by Gasteiger charge is -2.08. The van der Waals surface area contributed by atoms with Gasteiger partial charge in [0.15, 0.2) is 11.6 Å². The average Bonchev–Trinajstić information content (AvgIpc) is 2.83. The molecule has 32 heavy (non-hydrogen) atoms. The minimum absolute atomic E-state index is 0.689. The first-order valence-electron chi connectivity index (χ1n) is 12.2. The van der Waals surface area contributed by atoms with Gasteiger partial charge < -0.3 is 18.9 Å². The molecule has 0 fully saturated rings. The quantitative estimate of drug-likeness (QED) is 0.244. The minimum Gasteiger partial charge on any atom is -0.494 e. The van der Waals surface area contributed by atoms with Crippen molar-refractivity contribution in [1.29, 1.82) is 0 Å². The number of unbranched alkanes of at least 4 members (excludes halogenated alkanes) is 6. The molecule has 0 amide bonds. The number of benzene rings is 1. The van der Waals surface area contributed by atoms with Crippen LogP contribution in [0, 0.1) is 0 Å². The summed E-state index contributed by atoms with van der Waals surface area (Å²) in [7, 11) is 0. The zero-order valence-corrected chi connectivity index (χ0v) is 19.9. The first kappa shape index (κ1) is 26.1. The molecule has 1 heterocycles. The van der Waals surface area contributed by atoms with E-state index in [4.69, 9.17) is 18.9 Å². The number of hydrogen-bond donors (Lipinski definition) is 0. The van der Waals surface area contributed by atoms with Gasteiger partial charge in [0.05, 0.1) is 25.6 Å². The van der Waals surface area contributed by atoms with Crippen molar-refractivity contribution in [1.82, 2.24) is 9.97 Å². The van der Waals surface area contributed by atoms with Crippen molar-refractivity contribution in [3.63, 3.8) is 0 Å². The number of hydrogen-bond acceptors (Lipinski definition) is 6. The molecule has 0 unspecified atom stereocenters. The van der Waals surface area contributed by atoms with Crippen LogP contribution >= 0.6 is 0 Å². The van der Waals surface area contributed by atoms with E-state index >= 15 is 0 Å². The van der Waals surface area contributed by atoms with E-state index in [1.807, 2.05) is 38.1 Å². The predicted octanol–water partition coefficient (Wildman–Crippen LogP) is 6.10.